The highest BCUT2D eigenvalue weighted by Crippen LogP contribution is 2.36. The summed E-state index contributed by atoms with van der Waals surface area (Å²) in [6.07, 6.45) is 3.26. The van der Waals surface area contributed by atoms with Crippen molar-refractivity contribution in [2.75, 3.05) is 13.2 Å². The molecule has 0 unspecified atom stereocenters. The van der Waals surface area contributed by atoms with Crippen LogP contribution in [0.1, 0.15) is 41.7 Å². The van der Waals surface area contributed by atoms with Gasteiger partial charge in [0.15, 0.2) is 5.79 Å². The highest BCUT2D eigenvalue weighted by atomic mass is 16.7. The number of aromatic nitrogens is 1. The summed E-state index contributed by atoms with van der Waals surface area (Å²) in [5, 5.41) is 9.06. The predicted octanol–water partition coefficient (Wildman–Crippen LogP) is 2.15. The van der Waals surface area contributed by atoms with Crippen molar-refractivity contribution in [3.8, 4) is 5.88 Å². The summed E-state index contributed by atoms with van der Waals surface area (Å²) >= 11 is 0. The number of hydrogen-bond donors (Lipinski definition) is 1. The van der Waals surface area contributed by atoms with E-state index in [1.54, 1.807) is 6.92 Å². The molecule has 1 aliphatic heterocycles. The fraction of sp³-hybridized carbons (Fsp3) is 0.600. The van der Waals surface area contributed by atoms with Gasteiger partial charge in [-0.25, -0.2) is 9.78 Å². The first-order chi connectivity index (χ1) is 10.1. The molecule has 6 nitrogen and oxygen atoms in total. The van der Waals surface area contributed by atoms with E-state index in [-0.39, 0.29) is 11.7 Å². The van der Waals surface area contributed by atoms with Gasteiger partial charge in [-0.3, -0.25) is 0 Å². The van der Waals surface area contributed by atoms with E-state index >= 15 is 0 Å². The lowest BCUT2D eigenvalue weighted by Crippen LogP contribution is -2.38. The number of pyridine rings is 1. The van der Waals surface area contributed by atoms with Gasteiger partial charge in [0.05, 0.1) is 18.8 Å². The lowest BCUT2D eigenvalue weighted by molar-refractivity contribution is -0.186. The standard InChI is InChI=1S/C15H19NO5/c1-10-8-11(14(17)18)9-13(16-10)21-12-2-4-15(5-3-12)19-6-7-20-15/h8-9,12H,2-7H2,1H3,(H,17,18). The highest BCUT2D eigenvalue weighted by molar-refractivity contribution is 5.88. The van der Waals surface area contributed by atoms with E-state index in [9.17, 15) is 4.79 Å². The van der Waals surface area contributed by atoms with Crippen LogP contribution in [0, 0.1) is 6.92 Å². The van der Waals surface area contributed by atoms with Crippen LogP contribution in [0.5, 0.6) is 5.88 Å². The molecule has 6 heteroatoms. The zero-order chi connectivity index (χ0) is 14.9. The molecule has 21 heavy (non-hydrogen) atoms. The molecular formula is C15H19NO5. The van der Waals surface area contributed by atoms with Gasteiger partial charge in [0.2, 0.25) is 5.88 Å². The molecule has 114 valence electrons. The van der Waals surface area contributed by atoms with E-state index < -0.39 is 11.8 Å². The minimum atomic E-state index is -0.972. The average Bonchev–Trinajstić information content (AvgIpc) is 2.89. The molecule has 1 aliphatic carbocycles. The Morgan fingerprint density at radius 2 is 2.00 bits per heavy atom. The van der Waals surface area contributed by atoms with Crippen LogP contribution in [-0.4, -0.2) is 41.2 Å². The number of aromatic carboxylic acids is 1. The molecule has 2 aliphatic rings. The first-order valence-electron chi connectivity index (χ1n) is 7.23. The normalized spacial score (nSPS) is 21.6. The van der Waals surface area contributed by atoms with Crippen molar-refractivity contribution in [3.63, 3.8) is 0 Å². The van der Waals surface area contributed by atoms with Crippen molar-refractivity contribution in [2.45, 2.75) is 44.5 Å². The number of carbonyl (C=O) groups is 1. The van der Waals surface area contributed by atoms with Crippen LogP contribution in [0.15, 0.2) is 12.1 Å². The number of carboxylic acid groups (broad SMARTS) is 1. The molecule has 0 amide bonds. The minimum Gasteiger partial charge on any atom is -0.478 e. The first-order valence-corrected chi connectivity index (χ1v) is 7.23. The van der Waals surface area contributed by atoms with E-state index in [0.29, 0.717) is 24.8 Å². The molecule has 0 aromatic carbocycles. The second-order valence-corrected chi connectivity index (χ2v) is 5.57. The summed E-state index contributed by atoms with van der Waals surface area (Å²) in [6, 6.07) is 3.01. The summed E-state index contributed by atoms with van der Waals surface area (Å²) in [6.45, 7) is 3.08. The fourth-order valence-corrected chi connectivity index (χ4v) is 2.93. The summed E-state index contributed by atoms with van der Waals surface area (Å²) in [5.74, 6) is -1.01. The Morgan fingerprint density at radius 3 is 2.62 bits per heavy atom. The Morgan fingerprint density at radius 1 is 1.33 bits per heavy atom. The number of aryl methyl sites for hydroxylation is 1. The summed E-state index contributed by atoms with van der Waals surface area (Å²) in [4.78, 5) is 15.3. The summed E-state index contributed by atoms with van der Waals surface area (Å²) in [7, 11) is 0. The lowest BCUT2D eigenvalue weighted by atomic mass is 9.92. The van der Waals surface area contributed by atoms with Crippen LogP contribution >= 0.6 is 0 Å². The van der Waals surface area contributed by atoms with Crippen LogP contribution in [0.3, 0.4) is 0 Å². The monoisotopic (exact) mass is 293 g/mol. The minimum absolute atomic E-state index is 0.0272. The zero-order valence-corrected chi connectivity index (χ0v) is 12.0. The van der Waals surface area contributed by atoms with Crippen LogP contribution < -0.4 is 4.74 Å². The lowest BCUT2D eigenvalue weighted by Gasteiger charge is -2.35. The second-order valence-electron chi connectivity index (χ2n) is 5.57. The van der Waals surface area contributed by atoms with Crippen molar-refractivity contribution >= 4 is 5.97 Å². The molecule has 1 spiro atoms. The van der Waals surface area contributed by atoms with Gasteiger partial charge in [-0.1, -0.05) is 0 Å². The van der Waals surface area contributed by atoms with Crippen molar-refractivity contribution in [2.24, 2.45) is 0 Å². The average molecular weight is 293 g/mol. The molecule has 0 atom stereocenters. The summed E-state index contributed by atoms with van der Waals surface area (Å²) in [5.41, 5.74) is 0.840. The summed E-state index contributed by atoms with van der Waals surface area (Å²) < 4.78 is 17.2. The quantitative estimate of drug-likeness (QED) is 0.920. The number of ether oxygens (including phenoxy) is 3. The Kier molecular flexibility index (Phi) is 3.82. The topological polar surface area (TPSA) is 77.9 Å². The van der Waals surface area contributed by atoms with Gasteiger partial charge in [-0.05, 0) is 25.8 Å². The van der Waals surface area contributed by atoms with Crippen LogP contribution in [0.2, 0.25) is 0 Å². The van der Waals surface area contributed by atoms with Gasteiger partial charge in [-0.15, -0.1) is 0 Å². The smallest absolute Gasteiger partial charge is 0.335 e. The fourth-order valence-electron chi connectivity index (χ4n) is 2.93. The van der Waals surface area contributed by atoms with Crippen molar-refractivity contribution < 1.29 is 24.1 Å². The molecule has 0 bridgehead atoms. The molecule has 1 saturated heterocycles. The first kappa shape index (κ1) is 14.3. The number of rotatable bonds is 3. The van der Waals surface area contributed by atoms with Gasteiger partial charge in [-0.2, -0.15) is 0 Å². The van der Waals surface area contributed by atoms with E-state index in [4.69, 9.17) is 19.3 Å². The Hall–Kier alpha value is -1.66. The van der Waals surface area contributed by atoms with E-state index in [2.05, 4.69) is 4.98 Å². The molecule has 1 aromatic rings. The predicted molar refractivity (Wildman–Crippen MR) is 73.5 cm³/mol. The van der Waals surface area contributed by atoms with Gasteiger partial charge >= 0.3 is 5.97 Å². The molecule has 0 radical (unpaired) electrons. The largest absolute Gasteiger partial charge is 0.478 e. The van der Waals surface area contributed by atoms with Crippen molar-refractivity contribution in [3.05, 3.63) is 23.4 Å². The van der Waals surface area contributed by atoms with Crippen LogP contribution in [-0.2, 0) is 9.47 Å². The van der Waals surface area contributed by atoms with E-state index in [1.807, 2.05) is 0 Å². The van der Waals surface area contributed by atoms with Crippen molar-refractivity contribution in [1.29, 1.82) is 0 Å². The second kappa shape index (κ2) is 5.61. The third kappa shape index (κ3) is 3.16. The maximum atomic E-state index is 11.1. The maximum Gasteiger partial charge on any atom is 0.335 e. The third-order valence-electron chi connectivity index (χ3n) is 3.97. The van der Waals surface area contributed by atoms with Gasteiger partial charge in [0, 0.05) is 24.6 Å². The Labute approximate surface area is 123 Å². The Balaban J connectivity index is 1.64. The SMILES string of the molecule is Cc1cc(C(=O)O)cc(OC2CCC3(CC2)OCCO3)n1. The van der Waals surface area contributed by atoms with E-state index in [0.717, 1.165) is 25.7 Å². The molecular weight excluding hydrogens is 274 g/mol. The molecule has 1 aromatic heterocycles. The maximum absolute atomic E-state index is 11.1. The molecule has 1 N–H and O–H groups in total. The zero-order valence-electron chi connectivity index (χ0n) is 12.0. The van der Waals surface area contributed by atoms with Crippen LogP contribution in [0.25, 0.3) is 0 Å². The molecule has 2 heterocycles. The van der Waals surface area contributed by atoms with Crippen LogP contribution in [0.4, 0.5) is 0 Å². The van der Waals surface area contributed by atoms with Gasteiger partial charge in [0.1, 0.15) is 6.10 Å². The van der Waals surface area contributed by atoms with Gasteiger partial charge in [0.25, 0.3) is 0 Å². The number of nitrogens with zero attached hydrogens (tertiary/aromatic N) is 1. The van der Waals surface area contributed by atoms with Crippen molar-refractivity contribution in [1.82, 2.24) is 4.98 Å². The van der Waals surface area contributed by atoms with E-state index in [1.165, 1.54) is 12.1 Å². The molecule has 2 fully saturated rings. The van der Waals surface area contributed by atoms with Gasteiger partial charge < -0.3 is 19.3 Å². The Bertz CT molecular complexity index is 529. The number of carboxylic acids is 1. The number of hydrogen-bond acceptors (Lipinski definition) is 5. The highest BCUT2D eigenvalue weighted by Gasteiger charge is 2.40. The molecule has 3 rings (SSSR count). The third-order valence-corrected chi connectivity index (χ3v) is 3.97. The molecule has 1 saturated carbocycles.